The number of rotatable bonds is 2. The van der Waals surface area contributed by atoms with E-state index in [0.717, 1.165) is 16.8 Å². The lowest BCUT2D eigenvalue weighted by molar-refractivity contribution is -0.0573. The molecule has 22 heavy (non-hydrogen) atoms. The topological polar surface area (TPSA) is 59.7 Å². The van der Waals surface area contributed by atoms with Crippen molar-refractivity contribution in [1.29, 1.82) is 5.41 Å². The molecule has 0 saturated heterocycles. The minimum absolute atomic E-state index is 0. The molecule has 0 fully saturated rings. The maximum atomic E-state index is 11.1. The molecule has 1 atom stereocenters. The first-order valence-corrected chi connectivity index (χ1v) is 6.87. The number of hydrogen-bond donors (Lipinski definition) is 2. The summed E-state index contributed by atoms with van der Waals surface area (Å²) in [6.07, 6.45) is 0.395. The molecule has 2 aromatic carbocycles. The van der Waals surface area contributed by atoms with Gasteiger partial charge in [-0.25, -0.2) is 5.01 Å². The van der Waals surface area contributed by atoms with Crippen molar-refractivity contribution in [3.05, 3.63) is 71.8 Å². The van der Waals surface area contributed by atoms with Crippen molar-refractivity contribution in [2.24, 2.45) is 5.10 Å². The summed E-state index contributed by atoms with van der Waals surface area (Å²) in [5, 5.41) is 25.3. The average Bonchev–Trinajstić information content (AvgIpc) is 2.84. The fraction of sp³-hybridized carbons (Fsp3) is 0.176. The van der Waals surface area contributed by atoms with E-state index in [2.05, 4.69) is 5.10 Å². The van der Waals surface area contributed by atoms with Crippen LogP contribution in [0.5, 0.6) is 0 Å². The molecule has 1 unspecified atom stereocenters. The minimum atomic E-state index is -1.29. The zero-order valence-electron chi connectivity index (χ0n) is 12.2. The van der Waals surface area contributed by atoms with Gasteiger partial charge in [-0.05, 0) is 6.92 Å². The third kappa shape index (κ3) is 2.91. The van der Waals surface area contributed by atoms with Gasteiger partial charge in [-0.3, -0.25) is 5.41 Å². The highest BCUT2D eigenvalue weighted by atomic mass is 127. The first-order valence-electron chi connectivity index (χ1n) is 6.87. The molecule has 0 aromatic heterocycles. The Morgan fingerprint density at radius 3 is 2.23 bits per heavy atom. The lowest BCUT2D eigenvalue weighted by atomic mass is 9.97. The number of amidine groups is 1. The van der Waals surface area contributed by atoms with Gasteiger partial charge in [0.05, 0.1) is 0 Å². The van der Waals surface area contributed by atoms with E-state index in [-0.39, 0.29) is 29.8 Å². The quantitative estimate of drug-likeness (QED) is 0.455. The molecule has 1 heterocycles. The highest BCUT2D eigenvalue weighted by Gasteiger charge is 2.43. The Hall–Kier alpha value is -1.73. The number of halogens is 1. The molecule has 0 bridgehead atoms. The first kappa shape index (κ1) is 16.6. The van der Waals surface area contributed by atoms with Gasteiger partial charge in [-0.1, -0.05) is 60.7 Å². The van der Waals surface area contributed by atoms with Crippen LogP contribution in [0.25, 0.3) is 0 Å². The van der Waals surface area contributed by atoms with E-state index < -0.39 is 5.72 Å². The summed E-state index contributed by atoms with van der Waals surface area (Å²) < 4.78 is 0. The maximum absolute atomic E-state index is 11.1. The van der Waals surface area contributed by atoms with Gasteiger partial charge in [0, 0.05) is 23.3 Å². The molecule has 3 rings (SSSR count). The van der Waals surface area contributed by atoms with Crippen LogP contribution in [0.3, 0.4) is 0 Å². The molecule has 1 aliphatic heterocycles. The van der Waals surface area contributed by atoms with E-state index in [4.69, 9.17) is 5.41 Å². The van der Waals surface area contributed by atoms with Gasteiger partial charge in [0.2, 0.25) is 0 Å². The fourth-order valence-corrected chi connectivity index (χ4v) is 2.60. The van der Waals surface area contributed by atoms with Gasteiger partial charge in [0.1, 0.15) is 0 Å². The third-order valence-electron chi connectivity index (χ3n) is 3.62. The zero-order chi connectivity index (χ0) is 14.9. The number of nitrogens with zero attached hydrogens (tertiary/aromatic N) is 2. The average molecular weight is 407 g/mol. The Bertz CT molecular complexity index is 688. The van der Waals surface area contributed by atoms with E-state index >= 15 is 0 Å². The monoisotopic (exact) mass is 407 g/mol. The SMILES string of the molecule is CC1=NN(C(=N)c2ccccc2)C(O)(c2ccccc2)C1.I. The van der Waals surface area contributed by atoms with Crippen molar-refractivity contribution in [3.8, 4) is 0 Å². The van der Waals surface area contributed by atoms with Gasteiger partial charge in [0.25, 0.3) is 0 Å². The van der Waals surface area contributed by atoms with Crippen LogP contribution >= 0.6 is 24.0 Å². The summed E-state index contributed by atoms with van der Waals surface area (Å²) in [6, 6.07) is 18.7. The van der Waals surface area contributed by atoms with E-state index in [1.807, 2.05) is 67.6 Å². The molecule has 2 aromatic rings. The summed E-state index contributed by atoms with van der Waals surface area (Å²) in [7, 11) is 0. The van der Waals surface area contributed by atoms with Gasteiger partial charge in [0.15, 0.2) is 11.6 Å². The van der Waals surface area contributed by atoms with Crippen LogP contribution in [0.15, 0.2) is 65.8 Å². The van der Waals surface area contributed by atoms with Gasteiger partial charge < -0.3 is 5.11 Å². The van der Waals surface area contributed by atoms with E-state index in [0.29, 0.717) is 6.42 Å². The van der Waals surface area contributed by atoms with Crippen molar-refractivity contribution in [3.63, 3.8) is 0 Å². The molecular formula is C17H18IN3O. The van der Waals surface area contributed by atoms with E-state index in [9.17, 15) is 5.11 Å². The van der Waals surface area contributed by atoms with Crippen molar-refractivity contribution in [1.82, 2.24) is 5.01 Å². The summed E-state index contributed by atoms with van der Waals surface area (Å²) in [5.74, 6) is 0.193. The van der Waals surface area contributed by atoms with Crippen molar-refractivity contribution in [2.45, 2.75) is 19.1 Å². The Balaban J connectivity index is 0.00000176. The zero-order valence-corrected chi connectivity index (χ0v) is 14.6. The predicted molar refractivity (Wildman–Crippen MR) is 98.6 cm³/mol. The van der Waals surface area contributed by atoms with Crippen molar-refractivity contribution in [2.75, 3.05) is 0 Å². The van der Waals surface area contributed by atoms with Gasteiger partial charge >= 0.3 is 0 Å². The Labute approximate surface area is 147 Å². The molecule has 0 spiro atoms. The van der Waals surface area contributed by atoms with Crippen LogP contribution in [0, 0.1) is 5.41 Å². The highest BCUT2D eigenvalue weighted by Crippen LogP contribution is 2.36. The number of hydrogen-bond acceptors (Lipinski definition) is 3. The Kier molecular flexibility index (Phi) is 4.97. The number of benzene rings is 2. The smallest absolute Gasteiger partial charge is 0.191 e. The molecular weight excluding hydrogens is 389 g/mol. The van der Waals surface area contributed by atoms with E-state index in [1.165, 1.54) is 5.01 Å². The normalized spacial score (nSPS) is 20.3. The number of hydrazone groups is 1. The summed E-state index contributed by atoms with van der Waals surface area (Å²) in [4.78, 5) is 0. The van der Waals surface area contributed by atoms with Crippen LogP contribution in [-0.2, 0) is 5.72 Å². The van der Waals surface area contributed by atoms with Crippen LogP contribution in [0.2, 0.25) is 0 Å². The summed E-state index contributed by atoms with van der Waals surface area (Å²) in [5.41, 5.74) is 0.983. The van der Waals surface area contributed by atoms with Gasteiger partial charge in [-0.15, -0.1) is 24.0 Å². The number of aliphatic hydroxyl groups is 1. The highest BCUT2D eigenvalue weighted by molar-refractivity contribution is 14.0. The Morgan fingerprint density at radius 2 is 1.64 bits per heavy atom. The molecule has 1 aliphatic rings. The van der Waals surface area contributed by atoms with Crippen molar-refractivity contribution >= 4 is 35.5 Å². The molecule has 5 heteroatoms. The third-order valence-corrected chi connectivity index (χ3v) is 3.62. The molecule has 114 valence electrons. The van der Waals surface area contributed by atoms with Crippen LogP contribution < -0.4 is 0 Å². The lowest BCUT2D eigenvalue weighted by Crippen LogP contribution is -2.43. The number of nitrogens with one attached hydrogen (secondary N) is 1. The molecule has 0 saturated carbocycles. The fourth-order valence-electron chi connectivity index (χ4n) is 2.60. The summed E-state index contributed by atoms with van der Waals surface area (Å²) >= 11 is 0. The molecule has 0 aliphatic carbocycles. The minimum Gasteiger partial charge on any atom is -0.365 e. The maximum Gasteiger partial charge on any atom is 0.191 e. The second-order valence-electron chi connectivity index (χ2n) is 5.22. The predicted octanol–water partition coefficient (Wildman–Crippen LogP) is 3.56. The molecule has 0 amide bonds. The largest absolute Gasteiger partial charge is 0.365 e. The Morgan fingerprint density at radius 1 is 1.09 bits per heavy atom. The van der Waals surface area contributed by atoms with Gasteiger partial charge in [-0.2, -0.15) is 5.10 Å². The second kappa shape index (κ2) is 6.58. The van der Waals surface area contributed by atoms with Crippen LogP contribution in [0.1, 0.15) is 24.5 Å². The molecule has 0 radical (unpaired) electrons. The second-order valence-corrected chi connectivity index (χ2v) is 5.22. The summed E-state index contributed by atoms with van der Waals surface area (Å²) in [6.45, 7) is 1.87. The van der Waals surface area contributed by atoms with Crippen molar-refractivity contribution < 1.29 is 5.11 Å². The van der Waals surface area contributed by atoms with Crippen LogP contribution in [0.4, 0.5) is 0 Å². The molecule has 4 nitrogen and oxygen atoms in total. The van der Waals surface area contributed by atoms with Crippen LogP contribution in [-0.4, -0.2) is 21.7 Å². The lowest BCUT2D eigenvalue weighted by Gasteiger charge is -2.33. The first-order chi connectivity index (χ1) is 10.1. The van der Waals surface area contributed by atoms with E-state index in [1.54, 1.807) is 0 Å². The molecule has 2 N–H and O–H groups in total. The standard InChI is InChI=1S/C17H17N3O.HI/c1-13-12-17(21,15-10-6-3-7-11-15)20(19-13)16(18)14-8-4-2-5-9-14;/h2-11,18,21H,12H2,1H3;1H.